The molecule has 1 amide bonds. The lowest BCUT2D eigenvalue weighted by atomic mass is 10.0. The van der Waals surface area contributed by atoms with Crippen molar-refractivity contribution < 1.29 is 13.9 Å². The van der Waals surface area contributed by atoms with E-state index in [4.69, 9.17) is 4.74 Å². The molecule has 0 aromatic heterocycles. The van der Waals surface area contributed by atoms with Crippen molar-refractivity contribution in [3.63, 3.8) is 0 Å². The van der Waals surface area contributed by atoms with Gasteiger partial charge in [0.15, 0.2) is 0 Å². The second-order valence-corrected chi connectivity index (χ2v) is 4.77. The van der Waals surface area contributed by atoms with E-state index < -0.39 is 0 Å². The normalized spacial score (nSPS) is 23.0. The molecule has 5 heteroatoms. The molecule has 2 rings (SSSR count). The van der Waals surface area contributed by atoms with Gasteiger partial charge in [0, 0.05) is 17.8 Å². The fourth-order valence-electron chi connectivity index (χ4n) is 1.84. The number of hydrogen-bond donors (Lipinski definition) is 2. The molecule has 1 aromatic carbocycles. The number of carbonyl (C=O) groups excluding carboxylic acids is 1. The molecule has 1 saturated heterocycles. The van der Waals surface area contributed by atoms with Crippen molar-refractivity contribution in [2.24, 2.45) is 0 Å². The second kappa shape index (κ2) is 5.46. The molecule has 1 heterocycles. The van der Waals surface area contributed by atoms with E-state index in [2.05, 4.69) is 10.6 Å². The quantitative estimate of drug-likeness (QED) is 0.854. The number of carbonyl (C=O) groups is 1. The standard InChI is InChI=1S/C13H17FN2O2/c1-13(6-7-18-9-13)15-8-12(17)16-11-4-2-10(14)3-5-11/h2-5,15H,6-9H2,1H3,(H,16,17). The lowest BCUT2D eigenvalue weighted by Gasteiger charge is -2.23. The third-order valence-electron chi connectivity index (χ3n) is 3.02. The Morgan fingerprint density at radius 3 is 2.78 bits per heavy atom. The first-order valence-corrected chi connectivity index (χ1v) is 5.96. The van der Waals surface area contributed by atoms with Crippen LogP contribution in [0.25, 0.3) is 0 Å². The van der Waals surface area contributed by atoms with Crippen molar-refractivity contribution in [2.75, 3.05) is 25.1 Å². The summed E-state index contributed by atoms with van der Waals surface area (Å²) in [6, 6.07) is 5.70. The van der Waals surface area contributed by atoms with Gasteiger partial charge in [-0.05, 0) is 37.6 Å². The molecule has 1 aromatic rings. The Bertz CT molecular complexity index is 414. The van der Waals surface area contributed by atoms with Gasteiger partial charge in [0.1, 0.15) is 5.82 Å². The molecule has 0 spiro atoms. The highest BCUT2D eigenvalue weighted by molar-refractivity contribution is 5.92. The van der Waals surface area contributed by atoms with E-state index >= 15 is 0 Å². The monoisotopic (exact) mass is 252 g/mol. The topological polar surface area (TPSA) is 50.4 Å². The van der Waals surface area contributed by atoms with E-state index in [1.54, 1.807) is 0 Å². The minimum absolute atomic E-state index is 0.125. The first-order valence-electron chi connectivity index (χ1n) is 5.96. The first-order chi connectivity index (χ1) is 8.57. The third-order valence-corrected chi connectivity index (χ3v) is 3.02. The fourth-order valence-corrected chi connectivity index (χ4v) is 1.84. The van der Waals surface area contributed by atoms with Crippen LogP contribution in [0, 0.1) is 5.82 Å². The van der Waals surface area contributed by atoms with Crippen molar-refractivity contribution in [3.8, 4) is 0 Å². The molecule has 2 N–H and O–H groups in total. The number of nitrogens with one attached hydrogen (secondary N) is 2. The summed E-state index contributed by atoms with van der Waals surface area (Å²) in [5, 5.41) is 5.88. The van der Waals surface area contributed by atoms with Crippen LogP contribution in [-0.4, -0.2) is 31.2 Å². The molecule has 1 aliphatic heterocycles. The summed E-state index contributed by atoms with van der Waals surface area (Å²) in [6.45, 7) is 3.60. The molecule has 0 radical (unpaired) electrons. The van der Waals surface area contributed by atoms with Gasteiger partial charge in [-0.25, -0.2) is 4.39 Å². The molecule has 1 unspecified atom stereocenters. The molecular formula is C13H17FN2O2. The van der Waals surface area contributed by atoms with Crippen LogP contribution in [0.3, 0.4) is 0 Å². The number of benzene rings is 1. The summed E-state index contributed by atoms with van der Waals surface area (Å²) >= 11 is 0. The summed E-state index contributed by atoms with van der Waals surface area (Å²) < 4.78 is 18.0. The van der Waals surface area contributed by atoms with Crippen molar-refractivity contribution in [3.05, 3.63) is 30.1 Å². The molecule has 0 aliphatic carbocycles. The van der Waals surface area contributed by atoms with Crippen LogP contribution in [-0.2, 0) is 9.53 Å². The average Bonchev–Trinajstić information content (AvgIpc) is 2.78. The van der Waals surface area contributed by atoms with E-state index in [1.165, 1.54) is 24.3 Å². The SMILES string of the molecule is CC1(NCC(=O)Nc2ccc(F)cc2)CCOC1. The van der Waals surface area contributed by atoms with Gasteiger partial charge in [-0.1, -0.05) is 0 Å². The summed E-state index contributed by atoms with van der Waals surface area (Å²) in [5.74, 6) is -0.462. The van der Waals surface area contributed by atoms with E-state index in [9.17, 15) is 9.18 Å². The van der Waals surface area contributed by atoms with E-state index in [0.29, 0.717) is 12.3 Å². The maximum atomic E-state index is 12.7. The maximum absolute atomic E-state index is 12.7. The number of ether oxygens (including phenoxy) is 1. The van der Waals surface area contributed by atoms with Gasteiger partial charge in [-0.2, -0.15) is 0 Å². The lowest BCUT2D eigenvalue weighted by molar-refractivity contribution is -0.115. The van der Waals surface area contributed by atoms with Crippen molar-refractivity contribution in [1.82, 2.24) is 5.32 Å². The molecule has 4 nitrogen and oxygen atoms in total. The van der Waals surface area contributed by atoms with Crippen LogP contribution in [0.2, 0.25) is 0 Å². The van der Waals surface area contributed by atoms with E-state index in [-0.39, 0.29) is 23.8 Å². The zero-order valence-electron chi connectivity index (χ0n) is 10.3. The molecule has 1 atom stereocenters. The minimum Gasteiger partial charge on any atom is -0.379 e. The number of anilines is 1. The predicted octanol–water partition coefficient (Wildman–Crippen LogP) is 1.53. The molecule has 1 fully saturated rings. The van der Waals surface area contributed by atoms with Crippen molar-refractivity contribution in [1.29, 1.82) is 0 Å². The molecule has 18 heavy (non-hydrogen) atoms. The summed E-state index contributed by atoms with van der Waals surface area (Å²) in [7, 11) is 0. The molecule has 0 saturated carbocycles. The first kappa shape index (κ1) is 13.0. The Labute approximate surface area is 106 Å². The highest BCUT2D eigenvalue weighted by Gasteiger charge is 2.29. The van der Waals surface area contributed by atoms with Gasteiger partial charge >= 0.3 is 0 Å². The van der Waals surface area contributed by atoms with Gasteiger partial charge in [0.05, 0.1) is 13.2 Å². The van der Waals surface area contributed by atoms with Crippen LogP contribution in [0.4, 0.5) is 10.1 Å². The zero-order chi connectivity index (χ0) is 13.0. The van der Waals surface area contributed by atoms with Gasteiger partial charge in [-0.3, -0.25) is 4.79 Å². The molecule has 98 valence electrons. The fraction of sp³-hybridized carbons (Fsp3) is 0.462. The molecular weight excluding hydrogens is 235 g/mol. The predicted molar refractivity (Wildman–Crippen MR) is 66.9 cm³/mol. The Morgan fingerprint density at radius 1 is 1.44 bits per heavy atom. The van der Waals surface area contributed by atoms with Gasteiger partial charge in [0.25, 0.3) is 0 Å². The lowest BCUT2D eigenvalue weighted by Crippen LogP contribution is -2.46. The second-order valence-electron chi connectivity index (χ2n) is 4.77. The van der Waals surface area contributed by atoms with Crippen molar-refractivity contribution >= 4 is 11.6 Å². The van der Waals surface area contributed by atoms with Gasteiger partial charge < -0.3 is 15.4 Å². The Kier molecular flexibility index (Phi) is 3.93. The van der Waals surface area contributed by atoms with Crippen LogP contribution < -0.4 is 10.6 Å². The summed E-state index contributed by atoms with van der Waals surface area (Å²) in [4.78, 5) is 11.7. The third kappa shape index (κ3) is 3.51. The largest absolute Gasteiger partial charge is 0.379 e. The zero-order valence-corrected chi connectivity index (χ0v) is 10.3. The maximum Gasteiger partial charge on any atom is 0.238 e. The summed E-state index contributed by atoms with van der Waals surface area (Å²) in [5.41, 5.74) is 0.469. The Hall–Kier alpha value is -1.46. The van der Waals surface area contributed by atoms with Crippen LogP contribution >= 0.6 is 0 Å². The average molecular weight is 252 g/mol. The van der Waals surface area contributed by atoms with Crippen molar-refractivity contribution in [2.45, 2.75) is 18.9 Å². The van der Waals surface area contributed by atoms with Crippen LogP contribution in [0.1, 0.15) is 13.3 Å². The highest BCUT2D eigenvalue weighted by atomic mass is 19.1. The molecule has 1 aliphatic rings. The summed E-state index contributed by atoms with van der Waals surface area (Å²) in [6.07, 6.45) is 0.900. The van der Waals surface area contributed by atoms with Gasteiger partial charge in [0.2, 0.25) is 5.91 Å². The smallest absolute Gasteiger partial charge is 0.238 e. The number of halogens is 1. The number of rotatable bonds is 4. The molecule has 0 bridgehead atoms. The number of amides is 1. The Balaban J connectivity index is 1.80. The Morgan fingerprint density at radius 2 is 2.17 bits per heavy atom. The van der Waals surface area contributed by atoms with E-state index in [1.807, 2.05) is 6.92 Å². The van der Waals surface area contributed by atoms with Gasteiger partial charge in [-0.15, -0.1) is 0 Å². The van der Waals surface area contributed by atoms with Crippen LogP contribution in [0.5, 0.6) is 0 Å². The number of hydrogen-bond acceptors (Lipinski definition) is 3. The highest BCUT2D eigenvalue weighted by Crippen LogP contribution is 2.17. The van der Waals surface area contributed by atoms with Crippen LogP contribution in [0.15, 0.2) is 24.3 Å². The minimum atomic E-state index is -0.318. The van der Waals surface area contributed by atoms with E-state index in [0.717, 1.165) is 13.0 Å².